The maximum atomic E-state index is 13.2. The first-order valence-corrected chi connectivity index (χ1v) is 12.9. The van der Waals surface area contributed by atoms with Crippen LogP contribution >= 0.6 is 0 Å². The minimum Gasteiger partial charge on any atom is -0.390 e. The molecular formula is C27H44O6. The molecule has 4 aliphatic rings. The van der Waals surface area contributed by atoms with Gasteiger partial charge in [0, 0.05) is 11.3 Å². The van der Waals surface area contributed by atoms with Gasteiger partial charge in [0.05, 0.1) is 29.5 Å². The third-order valence-corrected chi connectivity index (χ3v) is 10.5. The lowest BCUT2D eigenvalue weighted by Crippen LogP contribution is -2.62. The number of hydrogen-bond acceptors (Lipinski definition) is 6. The van der Waals surface area contributed by atoms with Crippen molar-refractivity contribution < 1.29 is 30.3 Å². The summed E-state index contributed by atoms with van der Waals surface area (Å²) in [4.78, 5) is 13.2. The number of carbonyl (C=O) groups excluding carboxylic acids is 1. The van der Waals surface area contributed by atoms with Crippen LogP contribution in [0.3, 0.4) is 0 Å². The molecule has 0 saturated heterocycles. The van der Waals surface area contributed by atoms with Crippen LogP contribution in [0.2, 0.25) is 0 Å². The van der Waals surface area contributed by atoms with Crippen molar-refractivity contribution in [2.24, 2.45) is 34.5 Å². The average molecular weight is 465 g/mol. The molecule has 33 heavy (non-hydrogen) atoms. The zero-order valence-corrected chi connectivity index (χ0v) is 20.9. The van der Waals surface area contributed by atoms with Crippen LogP contribution in [0.15, 0.2) is 11.6 Å². The molecule has 188 valence electrons. The van der Waals surface area contributed by atoms with E-state index in [-0.39, 0.29) is 30.0 Å². The maximum Gasteiger partial charge on any atom is 0.159 e. The van der Waals surface area contributed by atoms with Crippen molar-refractivity contribution in [2.75, 3.05) is 0 Å². The molecule has 0 amide bonds. The molecule has 6 nitrogen and oxygen atoms in total. The van der Waals surface area contributed by atoms with Crippen LogP contribution in [0.4, 0.5) is 0 Å². The number of carbonyl (C=O) groups is 1. The highest BCUT2D eigenvalue weighted by atomic mass is 16.3. The van der Waals surface area contributed by atoms with Gasteiger partial charge in [-0.3, -0.25) is 4.79 Å². The van der Waals surface area contributed by atoms with Crippen LogP contribution in [0.5, 0.6) is 0 Å². The zero-order valence-electron chi connectivity index (χ0n) is 20.9. The molecule has 0 spiro atoms. The predicted molar refractivity (Wildman–Crippen MR) is 125 cm³/mol. The highest BCUT2D eigenvalue weighted by Crippen LogP contribution is 2.68. The first-order chi connectivity index (χ1) is 15.2. The van der Waals surface area contributed by atoms with Gasteiger partial charge in [-0.05, 0) is 93.1 Å². The number of allylic oxidation sites excluding steroid dienone is 1. The summed E-state index contributed by atoms with van der Waals surface area (Å²) >= 11 is 0. The van der Waals surface area contributed by atoms with E-state index in [2.05, 4.69) is 13.8 Å². The van der Waals surface area contributed by atoms with Gasteiger partial charge in [0.15, 0.2) is 5.78 Å². The minimum atomic E-state index is -1.34. The summed E-state index contributed by atoms with van der Waals surface area (Å²) in [5, 5.41) is 55.4. The van der Waals surface area contributed by atoms with Crippen LogP contribution < -0.4 is 0 Å². The number of fused-ring (bicyclic) bond motifs is 5. The topological polar surface area (TPSA) is 118 Å². The normalized spacial score (nSPS) is 47.9. The number of rotatable bonds is 5. The van der Waals surface area contributed by atoms with Crippen LogP contribution in [-0.2, 0) is 4.79 Å². The van der Waals surface area contributed by atoms with Gasteiger partial charge >= 0.3 is 0 Å². The molecule has 0 bridgehead atoms. The molecule has 10 atom stereocenters. The molecule has 0 aromatic rings. The molecular weight excluding hydrogens is 420 g/mol. The highest BCUT2D eigenvalue weighted by Gasteiger charge is 2.69. The summed E-state index contributed by atoms with van der Waals surface area (Å²) in [5.41, 5.74) is -2.98. The van der Waals surface area contributed by atoms with Crippen LogP contribution in [-0.4, -0.2) is 60.8 Å². The van der Waals surface area contributed by atoms with Crippen molar-refractivity contribution in [2.45, 2.75) is 115 Å². The number of ketones is 1. The standard InChI is InChI=1S/C27H44O6/c1-15(2)6-7-23(31)26(5,32)22-9-11-27(33)17-12-19(28)18-13-20(29)21(30)14-24(18,3)16(17)8-10-25(22,27)4/h12,15-16,18,20-23,29-33H,6-11,13-14H2,1-5H3/t16-,18-,20+,21-,22-,23+,24+,25+,26+,27?/m0/s1. The van der Waals surface area contributed by atoms with E-state index in [0.29, 0.717) is 38.0 Å². The van der Waals surface area contributed by atoms with Crippen molar-refractivity contribution in [1.29, 1.82) is 0 Å². The first kappa shape index (κ1) is 25.3. The molecule has 4 aliphatic carbocycles. The molecule has 3 saturated carbocycles. The van der Waals surface area contributed by atoms with Gasteiger partial charge in [-0.25, -0.2) is 0 Å². The Morgan fingerprint density at radius 3 is 2.39 bits per heavy atom. The monoisotopic (exact) mass is 464 g/mol. The Bertz CT molecular complexity index is 819. The molecule has 0 heterocycles. The van der Waals surface area contributed by atoms with Gasteiger partial charge in [-0.1, -0.05) is 27.7 Å². The zero-order chi connectivity index (χ0) is 24.6. The van der Waals surface area contributed by atoms with Crippen molar-refractivity contribution in [3.8, 4) is 0 Å². The van der Waals surface area contributed by atoms with E-state index in [1.807, 2.05) is 13.8 Å². The van der Waals surface area contributed by atoms with E-state index in [4.69, 9.17) is 0 Å². The fraction of sp³-hybridized carbons (Fsp3) is 0.889. The molecule has 0 aliphatic heterocycles. The van der Waals surface area contributed by atoms with Gasteiger partial charge < -0.3 is 25.5 Å². The predicted octanol–water partition coefficient (Wildman–Crippen LogP) is 2.74. The molecule has 5 N–H and O–H groups in total. The fourth-order valence-corrected chi connectivity index (χ4v) is 8.32. The Morgan fingerprint density at radius 1 is 1.09 bits per heavy atom. The maximum absolute atomic E-state index is 13.2. The van der Waals surface area contributed by atoms with Crippen LogP contribution in [0.1, 0.15) is 86.0 Å². The van der Waals surface area contributed by atoms with Crippen molar-refractivity contribution >= 4 is 5.78 Å². The second-order valence-electron chi connectivity index (χ2n) is 12.8. The quantitative estimate of drug-likeness (QED) is 0.427. The van der Waals surface area contributed by atoms with Gasteiger partial charge in [0.2, 0.25) is 0 Å². The lowest BCUT2D eigenvalue weighted by Gasteiger charge is -2.60. The van der Waals surface area contributed by atoms with Crippen molar-refractivity contribution in [3.63, 3.8) is 0 Å². The largest absolute Gasteiger partial charge is 0.390 e. The highest BCUT2D eigenvalue weighted by molar-refractivity contribution is 5.95. The van der Waals surface area contributed by atoms with Crippen LogP contribution in [0, 0.1) is 34.5 Å². The number of aliphatic hydroxyl groups is 5. The Morgan fingerprint density at radius 2 is 1.76 bits per heavy atom. The Labute approximate surface area is 198 Å². The summed E-state index contributed by atoms with van der Waals surface area (Å²) in [6, 6.07) is 0. The van der Waals surface area contributed by atoms with Crippen LogP contribution in [0.25, 0.3) is 0 Å². The summed E-state index contributed by atoms with van der Waals surface area (Å²) in [7, 11) is 0. The van der Waals surface area contributed by atoms with E-state index in [0.717, 1.165) is 18.4 Å². The summed E-state index contributed by atoms with van der Waals surface area (Å²) in [6.07, 6.45) is 3.39. The van der Waals surface area contributed by atoms with Gasteiger partial charge in [0.25, 0.3) is 0 Å². The lowest BCUT2D eigenvalue weighted by atomic mass is 9.45. The minimum absolute atomic E-state index is 0.0463. The van der Waals surface area contributed by atoms with Gasteiger partial charge in [-0.15, -0.1) is 0 Å². The van der Waals surface area contributed by atoms with E-state index in [1.165, 1.54) is 0 Å². The smallest absolute Gasteiger partial charge is 0.159 e. The Kier molecular flexibility index (Phi) is 6.23. The molecule has 0 aromatic carbocycles. The second kappa shape index (κ2) is 8.12. The SMILES string of the molecule is CC(C)CC[C@@H](O)[C@](C)(O)[C@H]1CCC2(O)C3=CC(=O)[C@@H]4C[C@@H](O)[C@@H](O)C[C@]4(C)[C@H]3CC[C@]12C. The fourth-order valence-electron chi connectivity index (χ4n) is 8.32. The summed E-state index contributed by atoms with van der Waals surface area (Å²) < 4.78 is 0. The van der Waals surface area contributed by atoms with Gasteiger partial charge in [0.1, 0.15) is 0 Å². The van der Waals surface area contributed by atoms with E-state index in [9.17, 15) is 30.3 Å². The third kappa shape index (κ3) is 3.58. The Hall–Kier alpha value is -0.790. The summed E-state index contributed by atoms with van der Waals surface area (Å²) in [6.45, 7) is 9.96. The molecule has 1 unspecified atom stereocenters. The average Bonchev–Trinajstić information content (AvgIpc) is 3.00. The van der Waals surface area contributed by atoms with E-state index in [1.54, 1.807) is 13.0 Å². The molecule has 0 aromatic heterocycles. The Balaban J connectivity index is 1.68. The van der Waals surface area contributed by atoms with Gasteiger partial charge in [-0.2, -0.15) is 0 Å². The van der Waals surface area contributed by atoms with Crippen molar-refractivity contribution in [3.05, 3.63) is 11.6 Å². The molecule has 6 heteroatoms. The molecule has 4 rings (SSSR count). The molecule has 0 radical (unpaired) electrons. The summed E-state index contributed by atoms with van der Waals surface area (Å²) in [5.74, 6) is -0.331. The molecule has 3 fully saturated rings. The first-order valence-electron chi connectivity index (χ1n) is 12.9. The number of hydrogen-bond donors (Lipinski definition) is 5. The van der Waals surface area contributed by atoms with E-state index >= 15 is 0 Å². The lowest BCUT2D eigenvalue weighted by molar-refractivity contribution is -0.176. The number of aliphatic hydroxyl groups excluding tert-OH is 3. The second-order valence-corrected chi connectivity index (χ2v) is 12.8. The van der Waals surface area contributed by atoms with E-state index < -0.39 is 40.3 Å². The third-order valence-electron chi connectivity index (χ3n) is 10.5. The van der Waals surface area contributed by atoms with Crippen molar-refractivity contribution in [1.82, 2.24) is 0 Å².